The number of amides is 2. The van der Waals surface area contributed by atoms with Crippen LogP contribution in [0, 0.1) is 12.8 Å². The zero-order valence-electron chi connectivity index (χ0n) is 18.8. The van der Waals surface area contributed by atoms with E-state index in [0.717, 1.165) is 30.9 Å². The molecule has 5 rings (SSSR count). The van der Waals surface area contributed by atoms with E-state index in [4.69, 9.17) is 4.99 Å². The Hall–Kier alpha value is -2.41. The van der Waals surface area contributed by atoms with Crippen molar-refractivity contribution in [1.29, 1.82) is 0 Å². The van der Waals surface area contributed by atoms with Crippen LogP contribution in [0.1, 0.15) is 51.0 Å². The normalized spacial score (nSPS) is 25.4. The summed E-state index contributed by atoms with van der Waals surface area (Å²) in [6.45, 7) is 6.51. The number of nitrogens with zero attached hydrogens (tertiary/aromatic N) is 4. The van der Waals surface area contributed by atoms with Gasteiger partial charge in [-0.3, -0.25) is 9.59 Å². The number of aliphatic imine (C=N–C) groups is 2. The molecule has 6 nitrogen and oxygen atoms in total. The van der Waals surface area contributed by atoms with Crippen molar-refractivity contribution < 1.29 is 9.59 Å². The minimum Gasteiger partial charge on any atom is -0.365 e. The third-order valence-corrected chi connectivity index (χ3v) is 8.16. The third-order valence-electron chi connectivity index (χ3n) is 6.92. The van der Waals surface area contributed by atoms with Gasteiger partial charge in [0.05, 0.1) is 5.04 Å². The highest BCUT2D eigenvalue weighted by molar-refractivity contribution is 8.17. The Balaban J connectivity index is 1.16. The van der Waals surface area contributed by atoms with Crippen molar-refractivity contribution in [2.24, 2.45) is 15.9 Å². The number of carbonyl (C=O) groups is 2. The lowest BCUT2D eigenvalue weighted by Gasteiger charge is -2.41. The molecule has 0 bridgehead atoms. The molecule has 1 aromatic carbocycles. The molecule has 168 valence electrons. The number of hydrogen-bond acceptors (Lipinski definition) is 5. The van der Waals surface area contributed by atoms with Crippen molar-refractivity contribution >= 4 is 40.1 Å². The highest BCUT2D eigenvalue weighted by Gasteiger charge is 2.40. The monoisotopic (exact) mass is 450 g/mol. The molecule has 1 aliphatic carbocycles. The van der Waals surface area contributed by atoms with Crippen molar-refractivity contribution in [3.05, 3.63) is 40.3 Å². The second-order valence-corrected chi connectivity index (χ2v) is 10.3. The topological polar surface area (TPSA) is 65.3 Å². The van der Waals surface area contributed by atoms with Gasteiger partial charge in [0.15, 0.2) is 0 Å². The number of piperazine rings is 1. The summed E-state index contributed by atoms with van der Waals surface area (Å²) in [6.07, 6.45) is 5.17. The van der Waals surface area contributed by atoms with Crippen molar-refractivity contribution in [3.63, 3.8) is 0 Å². The van der Waals surface area contributed by atoms with Crippen molar-refractivity contribution in [2.45, 2.75) is 58.4 Å². The molecule has 0 N–H and O–H groups in total. The Bertz CT molecular complexity index is 1030. The fraction of sp³-hybridized carbons (Fsp3) is 0.520. The first-order valence-corrected chi connectivity index (χ1v) is 12.5. The average molecular weight is 451 g/mol. The maximum atomic E-state index is 12.9. The second kappa shape index (κ2) is 8.85. The number of fused-ring (bicyclic) bond motifs is 2. The SMILES string of the molecule is Cc1ccc(N2CCN(C(=O)CCC3=NC(=O)C4C(=N3)SC3=C4CCCC3)CC2C)cc1. The maximum absolute atomic E-state index is 12.9. The van der Waals surface area contributed by atoms with E-state index in [-0.39, 0.29) is 23.8 Å². The molecule has 3 aliphatic heterocycles. The molecule has 1 saturated heterocycles. The molecule has 4 aliphatic rings. The average Bonchev–Trinajstić information content (AvgIpc) is 3.17. The molecule has 32 heavy (non-hydrogen) atoms. The van der Waals surface area contributed by atoms with Gasteiger partial charge in [-0.2, -0.15) is 4.99 Å². The summed E-state index contributed by atoms with van der Waals surface area (Å²) >= 11 is 1.67. The first kappa shape index (κ1) is 21.4. The van der Waals surface area contributed by atoms with Crippen molar-refractivity contribution in [2.75, 3.05) is 24.5 Å². The van der Waals surface area contributed by atoms with Crippen LogP contribution in [0.5, 0.6) is 0 Å². The predicted octanol–water partition coefficient (Wildman–Crippen LogP) is 4.34. The van der Waals surface area contributed by atoms with Gasteiger partial charge in [-0.15, -0.1) is 0 Å². The van der Waals surface area contributed by atoms with Crippen molar-refractivity contribution in [1.82, 2.24) is 4.90 Å². The molecule has 2 atom stereocenters. The summed E-state index contributed by atoms with van der Waals surface area (Å²) in [6, 6.07) is 8.83. The summed E-state index contributed by atoms with van der Waals surface area (Å²) in [5.74, 6) is 0.324. The van der Waals surface area contributed by atoms with Gasteiger partial charge in [-0.25, -0.2) is 4.99 Å². The van der Waals surface area contributed by atoms with E-state index in [1.165, 1.54) is 28.1 Å². The zero-order valence-corrected chi connectivity index (χ0v) is 19.7. The van der Waals surface area contributed by atoms with Gasteiger partial charge in [0.2, 0.25) is 5.91 Å². The van der Waals surface area contributed by atoms with Crippen LogP contribution in [0.25, 0.3) is 0 Å². The number of rotatable bonds is 4. The molecule has 2 amide bonds. The predicted molar refractivity (Wildman–Crippen MR) is 130 cm³/mol. The van der Waals surface area contributed by atoms with Crippen LogP contribution in [-0.2, 0) is 9.59 Å². The van der Waals surface area contributed by atoms with Gasteiger partial charge < -0.3 is 9.80 Å². The maximum Gasteiger partial charge on any atom is 0.261 e. The first-order valence-electron chi connectivity index (χ1n) is 11.7. The molecular formula is C25H30N4O2S. The smallest absolute Gasteiger partial charge is 0.261 e. The number of amidine groups is 1. The van der Waals surface area contributed by atoms with Gasteiger partial charge in [0, 0.05) is 44.2 Å². The lowest BCUT2D eigenvalue weighted by atomic mass is 9.89. The minimum absolute atomic E-state index is 0.0859. The number of carbonyl (C=O) groups excluding carboxylic acids is 2. The van der Waals surface area contributed by atoms with E-state index < -0.39 is 0 Å². The fourth-order valence-electron chi connectivity index (χ4n) is 5.14. The number of thioether (sulfide) groups is 1. The quantitative estimate of drug-likeness (QED) is 0.684. The summed E-state index contributed by atoms with van der Waals surface area (Å²) in [4.78, 5) is 40.2. The standard InChI is InChI=1S/C25H30N4O2S/c1-16-7-9-18(10-8-16)29-14-13-28(15-17(29)2)22(30)12-11-21-26-24(31)23-19-5-3-4-6-20(19)32-25(23)27-21/h7-10,17,23H,3-6,11-15H2,1-2H3. The molecule has 0 aromatic heterocycles. The van der Waals surface area contributed by atoms with E-state index in [2.05, 4.69) is 48.0 Å². The Morgan fingerprint density at radius 2 is 1.91 bits per heavy atom. The third kappa shape index (κ3) is 4.15. The van der Waals surface area contributed by atoms with Gasteiger partial charge in [-0.1, -0.05) is 29.5 Å². The minimum atomic E-state index is -0.231. The van der Waals surface area contributed by atoms with E-state index in [0.29, 0.717) is 31.8 Å². The van der Waals surface area contributed by atoms with Crippen LogP contribution in [-0.4, -0.2) is 53.3 Å². The molecule has 1 fully saturated rings. The van der Waals surface area contributed by atoms with Crippen LogP contribution in [0.3, 0.4) is 0 Å². The lowest BCUT2D eigenvalue weighted by molar-refractivity contribution is -0.131. The fourth-order valence-corrected chi connectivity index (χ4v) is 6.50. The van der Waals surface area contributed by atoms with E-state index in [9.17, 15) is 9.59 Å². The van der Waals surface area contributed by atoms with Crippen LogP contribution >= 0.6 is 11.8 Å². The molecular weight excluding hydrogens is 420 g/mol. The Morgan fingerprint density at radius 1 is 1.12 bits per heavy atom. The first-order chi connectivity index (χ1) is 15.5. The van der Waals surface area contributed by atoms with Crippen molar-refractivity contribution in [3.8, 4) is 0 Å². The highest BCUT2D eigenvalue weighted by Crippen LogP contribution is 2.47. The van der Waals surface area contributed by atoms with E-state index in [1.54, 1.807) is 11.8 Å². The van der Waals surface area contributed by atoms with E-state index in [1.807, 2.05) is 4.90 Å². The molecule has 0 saturated carbocycles. The summed E-state index contributed by atoms with van der Waals surface area (Å²) in [5, 5.41) is 0.889. The Kier molecular flexibility index (Phi) is 5.93. The Labute approximate surface area is 193 Å². The van der Waals surface area contributed by atoms with Gasteiger partial charge in [0.1, 0.15) is 11.8 Å². The summed E-state index contributed by atoms with van der Waals surface area (Å²) in [5.41, 5.74) is 3.71. The van der Waals surface area contributed by atoms with Crippen LogP contribution in [0.4, 0.5) is 5.69 Å². The van der Waals surface area contributed by atoms with E-state index >= 15 is 0 Å². The number of benzene rings is 1. The molecule has 0 spiro atoms. The number of allylic oxidation sites excluding steroid dienone is 1. The summed E-state index contributed by atoms with van der Waals surface area (Å²) < 4.78 is 0. The molecule has 1 aromatic rings. The second-order valence-electron chi connectivity index (χ2n) is 9.22. The molecule has 7 heteroatoms. The summed E-state index contributed by atoms with van der Waals surface area (Å²) in [7, 11) is 0. The van der Waals surface area contributed by atoms with Gasteiger partial charge in [0.25, 0.3) is 5.91 Å². The highest BCUT2D eigenvalue weighted by atomic mass is 32.2. The van der Waals surface area contributed by atoms with Gasteiger partial charge in [-0.05, 0) is 62.1 Å². The van der Waals surface area contributed by atoms with Crippen LogP contribution < -0.4 is 4.90 Å². The van der Waals surface area contributed by atoms with Gasteiger partial charge >= 0.3 is 0 Å². The molecule has 2 unspecified atom stereocenters. The molecule has 0 radical (unpaired) electrons. The van der Waals surface area contributed by atoms with Crippen LogP contribution in [0.15, 0.2) is 44.7 Å². The number of aryl methyl sites for hydroxylation is 1. The number of anilines is 1. The zero-order chi connectivity index (χ0) is 22.2. The molecule has 3 heterocycles. The number of hydrogen-bond donors (Lipinski definition) is 0. The largest absolute Gasteiger partial charge is 0.365 e. The Morgan fingerprint density at radius 3 is 2.69 bits per heavy atom. The lowest BCUT2D eigenvalue weighted by Crippen LogP contribution is -2.53. The van der Waals surface area contributed by atoms with Crippen LogP contribution in [0.2, 0.25) is 0 Å².